The Hall–Kier alpha value is 0.1000. The maximum absolute atomic E-state index is 3.54. The Bertz CT molecular complexity index is 380. The number of hydrogen-bond acceptors (Lipinski definition) is 3. The molecule has 1 aromatic rings. The highest BCUT2D eigenvalue weighted by molar-refractivity contribution is 9.10. The van der Waals surface area contributed by atoms with E-state index in [1.165, 1.54) is 48.0 Å². The maximum atomic E-state index is 3.54. The molecule has 1 heterocycles. The lowest BCUT2D eigenvalue weighted by Crippen LogP contribution is -2.43. The van der Waals surface area contributed by atoms with Gasteiger partial charge >= 0.3 is 0 Å². The third-order valence-electron chi connectivity index (χ3n) is 4.12. The van der Waals surface area contributed by atoms with Gasteiger partial charge < -0.3 is 10.2 Å². The van der Waals surface area contributed by atoms with Gasteiger partial charge in [0.2, 0.25) is 0 Å². The number of nitrogens with one attached hydrogen (secondary N) is 1. The summed E-state index contributed by atoms with van der Waals surface area (Å²) in [5, 5.41) is 5.59. The highest BCUT2D eigenvalue weighted by atomic mass is 79.9. The van der Waals surface area contributed by atoms with Gasteiger partial charge in [-0.15, -0.1) is 11.3 Å². The van der Waals surface area contributed by atoms with E-state index in [1.807, 2.05) is 11.3 Å². The van der Waals surface area contributed by atoms with E-state index in [-0.39, 0.29) is 0 Å². The molecule has 2 nitrogen and oxygen atoms in total. The number of thiophene rings is 1. The molecule has 1 fully saturated rings. The molecule has 1 N–H and O–H groups in total. The lowest BCUT2D eigenvalue weighted by molar-refractivity contribution is 0.117. The third-order valence-corrected chi connectivity index (χ3v) is 5.80. The minimum Gasteiger partial charge on any atom is -0.319 e. The summed E-state index contributed by atoms with van der Waals surface area (Å²) in [6.07, 6.45) is 6.99. The standard InChI is InChI=1S/C15H25BrN2S/c1-17-11-15(6-4-3-5-7-15)12-18(2)9-14-8-13(16)10-19-14/h8,10,17H,3-7,9,11-12H2,1-2H3. The second kappa shape index (κ2) is 7.21. The van der Waals surface area contributed by atoms with Crippen LogP contribution in [0.15, 0.2) is 15.9 Å². The predicted octanol–water partition coefficient (Wildman–Crippen LogP) is 4.11. The van der Waals surface area contributed by atoms with E-state index in [2.05, 4.69) is 51.7 Å². The number of hydrogen-bond donors (Lipinski definition) is 1. The van der Waals surface area contributed by atoms with Gasteiger partial charge in [-0.2, -0.15) is 0 Å². The summed E-state index contributed by atoms with van der Waals surface area (Å²) in [6, 6.07) is 2.24. The van der Waals surface area contributed by atoms with Gasteiger partial charge in [-0.3, -0.25) is 0 Å². The van der Waals surface area contributed by atoms with Gasteiger partial charge in [0, 0.05) is 34.4 Å². The average Bonchev–Trinajstić information content (AvgIpc) is 2.75. The minimum absolute atomic E-state index is 0.496. The van der Waals surface area contributed by atoms with E-state index in [9.17, 15) is 0 Å². The van der Waals surface area contributed by atoms with Crippen molar-refractivity contribution in [1.29, 1.82) is 0 Å². The number of halogens is 1. The summed E-state index contributed by atoms with van der Waals surface area (Å²) < 4.78 is 1.21. The van der Waals surface area contributed by atoms with E-state index >= 15 is 0 Å². The normalized spacial score (nSPS) is 18.9. The molecular weight excluding hydrogens is 320 g/mol. The molecule has 1 aliphatic rings. The minimum atomic E-state index is 0.496. The molecule has 0 amide bonds. The zero-order valence-electron chi connectivity index (χ0n) is 12.0. The molecule has 0 saturated heterocycles. The van der Waals surface area contributed by atoms with Crippen molar-refractivity contribution in [3.05, 3.63) is 20.8 Å². The summed E-state index contributed by atoms with van der Waals surface area (Å²) in [7, 11) is 4.35. The summed E-state index contributed by atoms with van der Waals surface area (Å²) in [5.41, 5.74) is 0.496. The molecule has 19 heavy (non-hydrogen) atoms. The molecule has 0 radical (unpaired) electrons. The molecule has 1 aliphatic carbocycles. The van der Waals surface area contributed by atoms with Crippen LogP contribution in [0.1, 0.15) is 37.0 Å². The maximum Gasteiger partial charge on any atom is 0.0325 e. The van der Waals surface area contributed by atoms with Crippen molar-refractivity contribution in [1.82, 2.24) is 10.2 Å². The van der Waals surface area contributed by atoms with Crippen LogP contribution in [0.5, 0.6) is 0 Å². The number of rotatable bonds is 6. The van der Waals surface area contributed by atoms with Crippen molar-refractivity contribution in [2.24, 2.45) is 5.41 Å². The fraction of sp³-hybridized carbons (Fsp3) is 0.733. The van der Waals surface area contributed by atoms with Crippen molar-refractivity contribution in [3.8, 4) is 0 Å². The largest absolute Gasteiger partial charge is 0.319 e. The lowest BCUT2D eigenvalue weighted by atomic mass is 9.73. The molecule has 0 unspecified atom stereocenters. The van der Waals surface area contributed by atoms with Crippen LogP contribution in [0, 0.1) is 5.41 Å². The van der Waals surface area contributed by atoms with Crippen LogP contribution in [0.2, 0.25) is 0 Å². The van der Waals surface area contributed by atoms with Crippen LogP contribution < -0.4 is 5.32 Å². The Balaban J connectivity index is 1.92. The first-order valence-corrected chi connectivity index (χ1v) is 8.87. The number of nitrogens with zero attached hydrogens (tertiary/aromatic N) is 1. The Morgan fingerprint density at radius 3 is 2.68 bits per heavy atom. The smallest absolute Gasteiger partial charge is 0.0325 e. The van der Waals surface area contributed by atoms with Crippen LogP contribution in [0.25, 0.3) is 0 Å². The highest BCUT2D eigenvalue weighted by Crippen LogP contribution is 2.36. The Morgan fingerprint density at radius 1 is 1.37 bits per heavy atom. The second-order valence-corrected chi connectivity index (χ2v) is 7.91. The average molecular weight is 345 g/mol. The Kier molecular flexibility index (Phi) is 5.87. The first-order chi connectivity index (χ1) is 9.13. The van der Waals surface area contributed by atoms with Gasteiger partial charge in [-0.1, -0.05) is 19.3 Å². The Morgan fingerprint density at radius 2 is 2.11 bits per heavy atom. The van der Waals surface area contributed by atoms with Crippen LogP contribution >= 0.6 is 27.3 Å². The van der Waals surface area contributed by atoms with Gasteiger partial charge in [0.25, 0.3) is 0 Å². The zero-order valence-corrected chi connectivity index (χ0v) is 14.4. The molecule has 0 bridgehead atoms. The third kappa shape index (κ3) is 4.55. The molecule has 0 atom stereocenters. The summed E-state index contributed by atoms with van der Waals surface area (Å²) >= 11 is 5.39. The van der Waals surface area contributed by atoms with Crippen LogP contribution in [-0.4, -0.2) is 32.1 Å². The molecule has 0 aliphatic heterocycles. The highest BCUT2D eigenvalue weighted by Gasteiger charge is 2.32. The monoisotopic (exact) mass is 344 g/mol. The van der Waals surface area contributed by atoms with Crippen LogP contribution in [0.4, 0.5) is 0 Å². The molecule has 108 valence electrons. The van der Waals surface area contributed by atoms with Gasteiger partial charge in [0.1, 0.15) is 0 Å². The fourth-order valence-corrected chi connectivity index (χ4v) is 4.93. The summed E-state index contributed by atoms with van der Waals surface area (Å²) in [5.74, 6) is 0. The summed E-state index contributed by atoms with van der Waals surface area (Å²) in [4.78, 5) is 3.95. The molecule has 0 aromatic carbocycles. The van der Waals surface area contributed by atoms with Gasteiger partial charge in [-0.25, -0.2) is 0 Å². The Labute approximate surface area is 129 Å². The molecular formula is C15H25BrN2S. The van der Waals surface area contributed by atoms with Gasteiger partial charge in [0.15, 0.2) is 0 Å². The summed E-state index contributed by atoms with van der Waals surface area (Å²) in [6.45, 7) is 3.44. The van der Waals surface area contributed by atoms with E-state index < -0.39 is 0 Å². The van der Waals surface area contributed by atoms with Gasteiger partial charge in [0.05, 0.1) is 0 Å². The quantitative estimate of drug-likeness (QED) is 0.835. The first-order valence-electron chi connectivity index (χ1n) is 7.20. The molecule has 4 heteroatoms. The van der Waals surface area contributed by atoms with Crippen molar-refractivity contribution < 1.29 is 0 Å². The van der Waals surface area contributed by atoms with Crippen molar-refractivity contribution in [2.45, 2.75) is 38.6 Å². The van der Waals surface area contributed by atoms with Crippen molar-refractivity contribution in [2.75, 3.05) is 27.2 Å². The fourth-order valence-electron chi connectivity index (χ4n) is 3.40. The second-order valence-electron chi connectivity index (χ2n) is 5.99. The molecule has 0 spiro atoms. The lowest BCUT2D eigenvalue weighted by Gasteiger charge is -2.40. The van der Waals surface area contributed by atoms with Crippen LogP contribution in [0.3, 0.4) is 0 Å². The van der Waals surface area contributed by atoms with E-state index in [0.717, 1.165) is 13.1 Å². The predicted molar refractivity (Wildman–Crippen MR) is 87.8 cm³/mol. The molecule has 2 rings (SSSR count). The van der Waals surface area contributed by atoms with Crippen molar-refractivity contribution in [3.63, 3.8) is 0 Å². The van der Waals surface area contributed by atoms with Crippen molar-refractivity contribution >= 4 is 27.3 Å². The van der Waals surface area contributed by atoms with E-state index in [0.29, 0.717) is 5.41 Å². The SMILES string of the molecule is CNCC1(CN(C)Cc2cc(Br)cs2)CCCCC1. The molecule has 1 saturated carbocycles. The van der Waals surface area contributed by atoms with Crippen LogP contribution in [-0.2, 0) is 6.54 Å². The van der Waals surface area contributed by atoms with Gasteiger partial charge in [-0.05, 0) is 54.3 Å². The first kappa shape index (κ1) is 15.5. The zero-order chi connectivity index (χ0) is 13.7. The van der Waals surface area contributed by atoms with E-state index in [4.69, 9.17) is 0 Å². The molecule has 1 aromatic heterocycles. The van der Waals surface area contributed by atoms with E-state index in [1.54, 1.807) is 0 Å². The topological polar surface area (TPSA) is 15.3 Å².